The fraction of sp³-hybridized carbons (Fsp3) is 0.444. The quantitative estimate of drug-likeness (QED) is 0.579. The van der Waals surface area contributed by atoms with Crippen molar-refractivity contribution in [2.75, 3.05) is 25.5 Å². The molecule has 3 rings (SSSR count). The molecule has 1 saturated carbocycles. The zero-order chi connectivity index (χ0) is 18.7. The van der Waals surface area contributed by atoms with E-state index >= 15 is 0 Å². The smallest absolute Gasteiger partial charge is 0.191 e. The number of rotatable bonds is 6. The zero-order valence-electron chi connectivity index (χ0n) is 15.1. The van der Waals surface area contributed by atoms with Crippen LogP contribution >= 0.6 is 22.9 Å². The maximum absolute atomic E-state index is 14.1. The van der Waals surface area contributed by atoms with Crippen molar-refractivity contribution in [3.8, 4) is 0 Å². The van der Waals surface area contributed by atoms with E-state index in [0.29, 0.717) is 23.1 Å². The highest BCUT2D eigenvalue weighted by Crippen LogP contribution is 2.44. The highest BCUT2D eigenvalue weighted by molar-refractivity contribution is 7.13. The van der Waals surface area contributed by atoms with Crippen molar-refractivity contribution >= 4 is 34.0 Å². The van der Waals surface area contributed by atoms with Crippen molar-refractivity contribution < 1.29 is 4.39 Å². The minimum atomic E-state index is -0.243. The fourth-order valence-corrected chi connectivity index (χ4v) is 3.82. The van der Waals surface area contributed by atoms with Crippen LogP contribution in [0.2, 0.25) is 5.02 Å². The number of benzene rings is 1. The Balaban J connectivity index is 1.64. The van der Waals surface area contributed by atoms with Crippen LogP contribution in [0.5, 0.6) is 0 Å². The summed E-state index contributed by atoms with van der Waals surface area (Å²) in [6, 6.07) is 4.96. The predicted molar refractivity (Wildman–Crippen MR) is 107 cm³/mol. The number of halogens is 2. The van der Waals surface area contributed by atoms with Gasteiger partial charge < -0.3 is 15.5 Å². The first-order valence-electron chi connectivity index (χ1n) is 8.60. The normalized spacial score (nSPS) is 19.3. The summed E-state index contributed by atoms with van der Waals surface area (Å²) in [6.45, 7) is 3.27. The number of guanidine groups is 1. The molecule has 2 aromatic rings. The molecule has 8 heteroatoms. The lowest BCUT2D eigenvalue weighted by Gasteiger charge is -2.12. The molecule has 1 aliphatic carbocycles. The molecule has 0 radical (unpaired) electrons. The van der Waals surface area contributed by atoms with E-state index in [0.717, 1.165) is 23.8 Å². The summed E-state index contributed by atoms with van der Waals surface area (Å²) >= 11 is 7.77. The lowest BCUT2D eigenvalue weighted by molar-refractivity contribution is 0.608. The standard InChI is InChI=1S/C18H23ClFN5S/c1-4-21-17(22-9-11-10-26-18(23-11)25(2)3)24-15-8-12(15)16-13(19)6-5-7-14(16)20/h5-7,10,12,15H,4,8-9H2,1-3H3,(H2,21,22,24). The summed E-state index contributed by atoms with van der Waals surface area (Å²) < 4.78 is 14.1. The summed E-state index contributed by atoms with van der Waals surface area (Å²) in [7, 11) is 3.94. The topological polar surface area (TPSA) is 52.6 Å². The van der Waals surface area contributed by atoms with E-state index < -0.39 is 0 Å². The van der Waals surface area contributed by atoms with Gasteiger partial charge >= 0.3 is 0 Å². The first-order valence-corrected chi connectivity index (χ1v) is 9.85. The van der Waals surface area contributed by atoms with Crippen molar-refractivity contribution in [2.45, 2.75) is 31.8 Å². The van der Waals surface area contributed by atoms with Crippen LogP contribution in [0.15, 0.2) is 28.6 Å². The van der Waals surface area contributed by atoms with Gasteiger partial charge in [0.05, 0.1) is 12.2 Å². The highest BCUT2D eigenvalue weighted by atomic mass is 35.5. The minimum Gasteiger partial charge on any atom is -0.357 e. The fourth-order valence-electron chi connectivity index (χ4n) is 2.77. The Morgan fingerprint density at radius 3 is 2.92 bits per heavy atom. The van der Waals surface area contributed by atoms with E-state index in [1.807, 2.05) is 31.3 Å². The lowest BCUT2D eigenvalue weighted by atomic mass is 10.1. The second-order valence-corrected chi connectivity index (χ2v) is 7.68. The van der Waals surface area contributed by atoms with Gasteiger partial charge in [0.2, 0.25) is 0 Å². The monoisotopic (exact) mass is 395 g/mol. The van der Waals surface area contributed by atoms with Gasteiger partial charge in [-0.1, -0.05) is 17.7 Å². The molecule has 1 aliphatic rings. The van der Waals surface area contributed by atoms with Crippen LogP contribution < -0.4 is 15.5 Å². The van der Waals surface area contributed by atoms with Crippen molar-refractivity contribution in [1.82, 2.24) is 15.6 Å². The molecule has 0 bridgehead atoms. The zero-order valence-corrected chi connectivity index (χ0v) is 16.7. The first kappa shape index (κ1) is 18.9. The number of hydrogen-bond donors (Lipinski definition) is 2. The Morgan fingerprint density at radius 1 is 1.46 bits per heavy atom. The largest absolute Gasteiger partial charge is 0.357 e. The number of aliphatic imine (C=N–C) groups is 1. The third-order valence-corrected chi connectivity index (χ3v) is 5.54. The molecule has 26 heavy (non-hydrogen) atoms. The molecule has 1 aromatic heterocycles. The SMILES string of the molecule is CCNC(=NCc1csc(N(C)C)n1)NC1CC1c1c(F)cccc1Cl. The van der Waals surface area contributed by atoms with Crippen LogP contribution in [0.4, 0.5) is 9.52 Å². The average molecular weight is 396 g/mol. The lowest BCUT2D eigenvalue weighted by Crippen LogP contribution is -2.39. The van der Waals surface area contributed by atoms with Gasteiger partial charge in [0.1, 0.15) is 5.82 Å². The third kappa shape index (κ3) is 4.45. The Hall–Kier alpha value is -1.86. The second-order valence-electron chi connectivity index (χ2n) is 6.44. The molecule has 0 amide bonds. The number of nitrogens with one attached hydrogen (secondary N) is 2. The highest BCUT2D eigenvalue weighted by Gasteiger charge is 2.41. The van der Waals surface area contributed by atoms with Gasteiger partial charge in [-0.15, -0.1) is 11.3 Å². The number of hydrogen-bond acceptors (Lipinski definition) is 4. The van der Waals surface area contributed by atoms with Crippen LogP contribution in [0.1, 0.15) is 30.5 Å². The molecule has 2 N–H and O–H groups in total. The molecule has 5 nitrogen and oxygen atoms in total. The van der Waals surface area contributed by atoms with E-state index in [-0.39, 0.29) is 17.8 Å². The molecule has 1 fully saturated rings. The van der Waals surface area contributed by atoms with Gasteiger partial charge in [0.15, 0.2) is 11.1 Å². The van der Waals surface area contributed by atoms with Gasteiger partial charge in [-0.25, -0.2) is 14.4 Å². The van der Waals surface area contributed by atoms with Crippen molar-refractivity contribution in [3.63, 3.8) is 0 Å². The Morgan fingerprint density at radius 2 is 2.27 bits per heavy atom. The van der Waals surface area contributed by atoms with E-state index in [2.05, 4.69) is 20.6 Å². The predicted octanol–water partition coefficient (Wildman–Crippen LogP) is 3.61. The van der Waals surface area contributed by atoms with Gasteiger partial charge in [0, 0.05) is 48.6 Å². The van der Waals surface area contributed by atoms with E-state index in [4.69, 9.17) is 11.6 Å². The summed E-state index contributed by atoms with van der Waals surface area (Å²) in [5, 5.41) is 10.1. The molecule has 0 spiro atoms. The second kappa shape index (κ2) is 8.22. The Labute approximate surface area is 162 Å². The van der Waals surface area contributed by atoms with Gasteiger partial charge in [-0.05, 0) is 25.5 Å². The van der Waals surface area contributed by atoms with Crippen LogP contribution in [-0.4, -0.2) is 37.6 Å². The number of anilines is 1. The summed E-state index contributed by atoms with van der Waals surface area (Å²) in [5.41, 5.74) is 1.53. The molecule has 0 aliphatic heterocycles. The molecule has 0 saturated heterocycles. The molecule has 2 atom stereocenters. The van der Waals surface area contributed by atoms with Crippen LogP contribution in [0.3, 0.4) is 0 Å². The van der Waals surface area contributed by atoms with Crippen LogP contribution in [-0.2, 0) is 6.54 Å². The van der Waals surface area contributed by atoms with Crippen LogP contribution in [0.25, 0.3) is 0 Å². The maximum atomic E-state index is 14.1. The molecule has 140 valence electrons. The number of nitrogens with zero attached hydrogens (tertiary/aromatic N) is 3. The molecule has 2 unspecified atom stereocenters. The van der Waals surface area contributed by atoms with Crippen molar-refractivity contribution in [2.24, 2.45) is 4.99 Å². The van der Waals surface area contributed by atoms with Crippen molar-refractivity contribution in [1.29, 1.82) is 0 Å². The number of thiazole rings is 1. The Bertz CT molecular complexity index is 771. The summed E-state index contributed by atoms with van der Waals surface area (Å²) in [6.07, 6.45) is 0.840. The first-order chi connectivity index (χ1) is 12.5. The van der Waals surface area contributed by atoms with Gasteiger partial charge in [-0.3, -0.25) is 0 Å². The van der Waals surface area contributed by atoms with E-state index in [1.54, 1.807) is 23.5 Å². The average Bonchev–Trinajstić information content (AvgIpc) is 3.16. The molecule has 1 heterocycles. The van der Waals surface area contributed by atoms with E-state index in [1.165, 1.54) is 6.07 Å². The molecular weight excluding hydrogens is 373 g/mol. The minimum absolute atomic E-state index is 0.0761. The summed E-state index contributed by atoms with van der Waals surface area (Å²) in [5.74, 6) is 0.548. The Kier molecular flexibility index (Phi) is 5.98. The molecular formula is C18H23ClFN5S. The van der Waals surface area contributed by atoms with Crippen molar-refractivity contribution in [3.05, 3.63) is 45.7 Å². The third-order valence-electron chi connectivity index (χ3n) is 4.15. The van der Waals surface area contributed by atoms with E-state index in [9.17, 15) is 4.39 Å². The maximum Gasteiger partial charge on any atom is 0.191 e. The molecule has 1 aromatic carbocycles. The van der Waals surface area contributed by atoms with Gasteiger partial charge in [-0.2, -0.15) is 0 Å². The number of aromatic nitrogens is 1. The van der Waals surface area contributed by atoms with Gasteiger partial charge in [0.25, 0.3) is 0 Å². The van der Waals surface area contributed by atoms with Crippen LogP contribution in [0, 0.1) is 5.82 Å². The summed E-state index contributed by atoms with van der Waals surface area (Å²) in [4.78, 5) is 11.1.